The van der Waals surface area contributed by atoms with E-state index in [2.05, 4.69) is 5.32 Å². The normalized spacial score (nSPS) is 26.9. The minimum absolute atomic E-state index is 0.218. The van der Waals surface area contributed by atoms with Crippen molar-refractivity contribution in [2.24, 2.45) is 5.92 Å². The Morgan fingerprint density at radius 3 is 2.42 bits per heavy atom. The molecule has 1 saturated carbocycles. The minimum atomic E-state index is -1.41. The lowest BCUT2D eigenvalue weighted by molar-refractivity contribution is 0.0808. The molecule has 0 amide bonds. The second-order valence-electron chi connectivity index (χ2n) is 5.32. The van der Waals surface area contributed by atoms with E-state index in [-0.39, 0.29) is 12.1 Å². The molecule has 0 bridgehead atoms. The van der Waals surface area contributed by atoms with Gasteiger partial charge in [-0.05, 0) is 42.9 Å². The van der Waals surface area contributed by atoms with Crippen LogP contribution in [0.1, 0.15) is 24.8 Å². The molecule has 1 aromatic carbocycles. The third kappa shape index (κ3) is 2.77. The van der Waals surface area contributed by atoms with Gasteiger partial charge in [0.25, 0.3) is 0 Å². The van der Waals surface area contributed by atoms with Crippen molar-refractivity contribution < 1.29 is 17.9 Å². The van der Waals surface area contributed by atoms with Crippen molar-refractivity contribution >= 4 is 0 Å². The summed E-state index contributed by atoms with van der Waals surface area (Å²) in [5.74, 6) is -3.07. The van der Waals surface area contributed by atoms with E-state index in [0.717, 1.165) is 25.2 Å². The molecule has 104 valence electrons. The van der Waals surface area contributed by atoms with Crippen LogP contribution in [0.5, 0.6) is 0 Å². The lowest BCUT2D eigenvalue weighted by Crippen LogP contribution is -2.37. The molecule has 2 aliphatic rings. The summed E-state index contributed by atoms with van der Waals surface area (Å²) in [4.78, 5) is 0. The number of ether oxygens (including phenoxy) is 1. The molecule has 0 spiro atoms. The Bertz CT molecular complexity index is 453. The molecule has 19 heavy (non-hydrogen) atoms. The zero-order valence-corrected chi connectivity index (χ0v) is 10.5. The van der Waals surface area contributed by atoms with E-state index < -0.39 is 17.5 Å². The SMILES string of the molecule is Fc1cc(CNC2CCOC2C2CC2)cc(F)c1F. The molecule has 3 rings (SSSR count). The Morgan fingerprint density at radius 1 is 1.11 bits per heavy atom. The summed E-state index contributed by atoms with van der Waals surface area (Å²) in [5.41, 5.74) is 0.415. The van der Waals surface area contributed by atoms with Gasteiger partial charge in [0.1, 0.15) is 0 Å². The molecule has 1 heterocycles. The topological polar surface area (TPSA) is 21.3 Å². The number of hydrogen-bond acceptors (Lipinski definition) is 2. The van der Waals surface area contributed by atoms with Gasteiger partial charge in [-0.1, -0.05) is 0 Å². The Labute approximate surface area is 109 Å². The monoisotopic (exact) mass is 271 g/mol. The fraction of sp³-hybridized carbons (Fsp3) is 0.571. The molecule has 0 aromatic heterocycles. The summed E-state index contributed by atoms with van der Waals surface area (Å²) < 4.78 is 44.7. The van der Waals surface area contributed by atoms with Crippen molar-refractivity contribution in [1.82, 2.24) is 5.32 Å². The first-order valence-electron chi connectivity index (χ1n) is 6.63. The Kier molecular flexibility index (Phi) is 3.50. The van der Waals surface area contributed by atoms with Gasteiger partial charge in [-0.25, -0.2) is 13.2 Å². The molecular formula is C14H16F3NO. The fourth-order valence-electron chi connectivity index (χ4n) is 2.68. The molecule has 0 radical (unpaired) electrons. The fourth-order valence-corrected chi connectivity index (χ4v) is 2.68. The quantitative estimate of drug-likeness (QED) is 0.850. The summed E-state index contributed by atoms with van der Waals surface area (Å²) in [6.45, 7) is 1.05. The predicted molar refractivity (Wildman–Crippen MR) is 64.0 cm³/mol. The molecule has 2 fully saturated rings. The minimum Gasteiger partial charge on any atom is -0.376 e. The largest absolute Gasteiger partial charge is 0.376 e. The van der Waals surface area contributed by atoms with Gasteiger partial charge in [0.2, 0.25) is 0 Å². The summed E-state index contributed by atoms with van der Waals surface area (Å²) in [5, 5.41) is 3.26. The maximum Gasteiger partial charge on any atom is 0.194 e. The van der Waals surface area contributed by atoms with Crippen LogP contribution in [-0.2, 0) is 11.3 Å². The third-order valence-corrected chi connectivity index (χ3v) is 3.83. The Balaban J connectivity index is 1.62. The number of rotatable bonds is 4. The predicted octanol–water partition coefficient (Wildman–Crippen LogP) is 2.76. The second kappa shape index (κ2) is 5.13. The maximum absolute atomic E-state index is 13.1. The van der Waals surface area contributed by atoms with Gasteiger partial charge in [0, 0.05) is 19.2 Å². The van der Waals surface area contributed by atoms with E-state index in [1.165, 1.54) is 12.8 Å². The van der Waals surface area contributed by atoms with Gasteiger partial charge in [0.05, 0.1) is 6.10 Å². The maximum atomic E-state index is 13.1. The van der Waals surface area contributed by atoms with Gasteiger partial charge in [-0.2, -0.15) is 0 Å². The molecule has 1 aromatic rings. The lowest BCUT2D eigenvalue weighted by Gasteiger charge is -2.19. The zero-order valence-electron chi connectivity index (χ0n) is 10.5. The average molecular weight is 271 g/mol. The number of nitrogens with one attached hydrogen (secondary N) is 1. The van der Waals surface area contributed by atoms with E-state index in [1.807, 2.05) is 0 Å². The van der Waals surface area contributed by atoms with Crippen molar-refractivity contribution in [3.63, 3.8) is 0 Å². The van der Waals surface area contributed by atoms with Crippen LogP contribution in [0.25, 0.3) is 0 Å². The molecular weight excluding hydrogens is 255 g/mol. The number of benzene rings is 1. The van der Waals surface area contributed by atoms with Crippen molar-refractivity contribution in [3.8, 4) is 0 Å². The summed E-state index contributed by atoms with van der Waals surface area (Å²) >= 11 is 0. The second-order valence-corrected chi connectivity index (χ2v) is 5.32. The average Bonchev–Trinajstić information content (AvgIpc) is 3.12. The highest BCUT2D eigenvalue weighted by molar-refractivity contribution is 5.19. The highest BCUT2D eigenvalue weighted by Gasteiger charge is 2.40. The van der Waals surface area contributed by atoms with Crippen LogP contribution >= 0.6 is 0 Å². The van der Waals surface area contributed by atoms with E-state index in [0.29, 0.717) is 18.0 Å². The van der Waals surface area contributed by atoms with E-state index >= 15 is 0 Å². The molecule has 1 aliphatic heterocycles. The van der Waals surface area contributed by atoms with Crippen molar-refractivity contribution in [1.29, 1.82) is 0 Å². The van der Waals surface area contributed by atoms with Crippen LogP contribution in [-0.4, -0.2) is 18.8 Å². The van der Waals surface area contributed by atoms with E-state index in [1.54, 1.807) is 0 Å². The van der Waals surface area contributed by atoms with Gasteiger partial charge < -0.3 is 10.1 Å². The van der Waals surface area contributed by atoms with Gasteiger partial charge in [-0.3, -0.25) is 0 Å². The van der Waals surface area contributed by atoms with Gasteiger partial charge in [0.15, 0.2) is 17.5 Å². The first-order chi connectivity index (χ1) is 9.15. The van der Waals surface area contributed by atoms with Crippen LogP contribution in [0.15, 0.2) is 12.1 Å². The first-order valence-corrected chi connectivity index (χ1v) is 6.63. The summed E-state index contributed by atoms with van der Waals surface area (Å²) in [6.07, 6.45) is 3.52. The molecule has 5 heteroatoms. The van der Waals surface area contributed by atoms with Crippen LogP contribution in [0.4, 0.5) is 13.2 Å². The Hall–Kier alpha value is -1.07. The standard InChI is InChI=1S/C14H16F3NO/c15-10-5-8(6-11(16)13(10)17)7-18-12-3-4-19-14(12)9-1-2-9/h5-6,9,12,14,18H,1-4,7H2. The smallest absolute Gasteiger partial charge is 0.194 e. The van der Waals surface area contributed by atoms with Crippen LogP contribution in [0, 0.1) is 23.4 Å². The number of halogens is 3. The highest BCUT2D eigenvalue weighted by Crippen LogP contribution is 2.38. The van der Waals surface area contributed by atoms with Crippen molar-refractivity contribution in [2.75, 3.05) is 6.61 Å². The summed E-state index contributed by atoms with van der Waals surface area (Å²) in [7, 11) is 0. The zero-order chi connectivity index (χ0) is 13.4. The summed E-state index contributed by atoms with van der Waals surface area (Å²) in [6, 6.07) is 2.30. The van der Waals surface area contributed by atoms with Crippen LogP contribution in [0.3, 0.4) is 0 Å². The Morgan fingerprint density at radius 2 is 1.79 bits per heavy atom. The van der Waals surface area contributed by atoms with Gasteiger partial charge >= 0.3 is 0 Å². The highest BCUT2D eigenvalue weighted by atomic mass is 19.2. The van der Waals surface area contributed by atoms with Crippen LogP contribution in [0.2, 0.25) is 0 Å². The molecule has 1 aliphatic carbocycles. The third-order valence-electron chi connectivity index (χ3n) is 3.83. The van der Waals surface area contributed by atoms with E-state index in [4.69, 9.17) is 4.74 Å². The lowest BCUT2D eigenvalue weighted by atomic mass is 10.1. The molecule has 1 N–H and O–H groups in total. The van der Waals surface area contributed by atoms with Crippen LogP contribution < -0.4 is 5.32 Å². The molecule has 2 nitrogen and oxygen atoms in total. The molecule has 1 saturated heterocycles. The van der Waals surface area contributed by atoms with Gasteiger partial charge in [-0.15, -0.1) is 0 Å². The number of hydrogen-bond donors (Lipinski definition) is 1. The van der Waals surface area contributed by atoms with Crippen molar-refractivity contribution in [2.45, 2.75) is 38.0 Å². The van der Waals surface area contributed by atoms with E-state index in [9.17, 15) is 13.2 Å². The molecule has 2 unspecified atom stereocenters. The first kappa shape index (κ1) is 12.9. The van der Waals surface area contributed by atoms with Crippen molar-refractivity contribution in [3.05, 3.63) is 35.1 Å². The molecule has 2 atom stereocenters.